The highest BCUT2D eigenvalue weighted by molar-refractivity contribution is 6.18. The number of nitrogens with zero attached hydrogens (tertiary/aromatic N) is 1. The lowest BCUT2D eigenvalue weighted by atomic mass is 9.96. The largest absolute Gasteiger partial charge is 0.424 e. The van der Waals surface area contributed by atoms with Crippen molar-refractivity contribution in [3.8, 4) is 11.4 Å². The lowest BCUT2D eigenvalue weighted by Crippen LogP contribution is -2.07. The standard InChI is InChI=1S/C27H19NO3/c1-18(29)31-26-17-28(24-15-6-4-12-22(24)26)25-16-7-5-13-23(25)27(30)21-14-8-10-19-9-2-3-11-20(19)21/h2-17H,1H3. The maximum absolute atomic E-state index is 13.7. The third-order valence-electron chi connectivity index (χ3n) is 5.37. The quantitative estimate of drug-likeness (QED) is 0.275. The minimum atomic E-state index is -0.386. The summed E-state index contributed by atoms with van der Waals surface area (Å²) in [4.78, 5) is 25.3. The molecule has 0 aliphatic rings. The molecule has 5 aromatic rings. The van der Waals surface area contributed by atoms with Gasteiger partial charge in [-0.15, -0.1) is 0 Å². The van der Waals surface area contributed by atoms with E-state index in [2.05, 4.69) is 0 Å². The van der Waals surface area contributed by atoms with Gasteiger partial charge in [-0.2, -0.15) is 0 Å². The summed E-state index contributed by atoms with van der Waals surface area (Å²) in [6, 6.07) is 28.8. The number of ketones is 1. The molecular weight excluding hydrogens is 386 g/mol. The number of hydrogen-bond acceptors (Lipinski definition) is 3. The Morgan fingerprint density at radius 1 is 0.710 bits per heavy atom. The van der Waals surface area contributed by atoms with E-state index in [0.29, 0.717) is 16.9 Å². The highest BCUT2D eigenvalue weighted by Crippen LogP contribution is 2.33. The van der Waals surface area contributed by atoms with E-state index in [1.807, 2.05) is 95.6 Å². The molecule has 0 atom stereocenters. The van der Waals surface area contributed by atoms with Gasteiger partial charge in [0.05, 0.1) is 17.4 Å². The minimum absolute atomic E-state index is 0.0563. The van der Waals surface area contributed by atoms with Gasteiger partial charge >= 0.3 is 5.97 Å². The summed E-state index contributed by atoms with van der Waals surface area (Å²) in [5.74, 6) is 0.0257. The first-order chi connectivity index (χ1) is 15.1. The van der Waals surface area contributed by atoms with Gasteiger partial charge < -0.3 is 9.30 Å². The average molecular weight is 405 g/mol. The second-order valence-electron chi connectivity index (χ2n) is 7.35. The molecule has 4 heteroatoms. The number of hydrogen-bond donors (Lipinski definition) is 0. The van der Waals surface area contributed by atoms with Crippen molar-refractivity contribution in [3.63, 3.8) is 0 Å². The van der Waals surface area contributed by atoms with Crippen LogP contribution in [0.15, 0.2) is 97.2 Å². The van der Waals surface area contributed by atoms with Crippen molar-refractivity contribution in [2.45, 2.75) is 6.92 Å². The molecule has 0 aliphatic carbocycles. The molecule has 0 spiro atoms. The van der Waals surface area contributed by atoms with E-state index in [1.54, 1.807) is 6.20 Å². The number of rotatable bonds is 4. The number of fused-ring (bicyclic) bond motifs is 2. The number of esters is 1. The molecule has 4 nitrogen and oxygen atoms in total. The number of benzene rings is 4. The molecule has 0 saturated heterocycles. The van der Waals surface area contributed by atoms with Crippen molar-refractivity contribution in [2.24, 2.45) is 0 Å². The normalized spacial score (nSPS) is 11.0. The van der Waals surface area contributed by atoms with Crippen LogP contribution in [0, 0.1) is 0 Å². The van der Waals surface area contributed by atoms with Crippen LogP contribution < -0.4 is 4.74 Å². The summed E-state index contributed by atoms with van der Waals surface area (Å²) in [7, 11) is 0. The fraction of sp³-hybridized carbons (Fsp3) is 0.0370. The first kappa shape index (κ1) is 18.8. The Balaban J connectivity index is 1.71. The van der Waals surface area contributed by atoms with Crippen LogP contribution >= 0.6 is 0 Å². The van der Waals surface area contributed by atoms with Crippen molar-refractivity contribution in [1.82, 2.24) is 4.57 Å². The molecule has 1 heterocycles. The summed E-state index contributed by atoms with van der Waals surface area (Å²) >= 11 is 0. The van der Waals surface area contributed by atoms with Crippen molar-refractivity contribution < 1.29 is 14.3 Å². The first-order valence-corrected chi connectivity index (χ1v) is 10.0. The molecule has 31 heavy (non-hydrogen) atoms. The average Bonchev–Trinajstić information content (AvgIpc) is 3.16. The number of carbonyl (C=O) groups is 2. The van der Waals surface area contributed by atoms with E-state index in [1.165, 1.54) is 6.92 Å². The van der Waals surface area contributed by atoms with Gasteiger partial charge in [0.1, 0.15) is 0 Å². The predicted molar refractivity (Wildman–Crippen MR) is 122 cm³/mol. The predicted octanol–water partition coefficient (Wildman–Crippen LogP) is 5.94. The van der Waals surface area contributed by atoms with Gasteiger partial charge in [0, 0.05) is 23.4 Å². The number of carbonyl (C=O) groups excluding carboxylic acids is 2. The highest BCUT2D eigenvalue weighted by atomic mass is 16.5. The Kier molecular flexibility index (Phi) is 4.60. The Bertz CT molecular complexity index is 1460. The van der Waals surface area contributed by atoms with Gasteiger partial charge in [-0.1, -0.05) is 66.7 Å². The number of para-hydroxylation sites is 2. The van der Waals surface area contributed by atoms with E-state index >= 15 is 0 Å². The van der Waals surface area contributed by atoms with Crippen molar-refractivity contribution in [1.29, 1.82) is 0 Å². The SMILES string of the molecule is CC(=O)Oc1cn(-c2ccccc2C(=O)c2cccc3ccccc23)c2ccccc12. The zero-order chi connectivity index (χ0) is 21.4. The Hall–Kier alpha value is -4.18. The minimum Gasteiger partial charge on any atom is -0.424 e. The number of ether oxygens (including phenoxy) is 1. The maximum Gasteiger partial charge on any atom is 0.308 e. The van der Waals surface area contributed by atoms with Gasteiger partial charge in [-0.25, -0.2) is 0 Å². The first-order valence-electron chi connectivity index (χ1n) is 10.0. The van der Waals surface area contributed by atoms with E-state index in [0.717, 1.165) is 27.4 Å². The summed E-state index contributed by atoms with van der Waals surface area (Å²) in [6.07, 6.45) is 1.77. The fourth-order valence-electron chi connectivity index (χ4n) is 4.03. The molecule has 0 radical (unpaired) electrons. The third kappa shape index (κ3) is 3.28. The van der Waals surface area contributed by atoms with Gasteiger partial charge in [0.15, 0.2) is 11.5 Å². The fourth-order valence-corrected chi connectivity index (χ4v) is 4.03. The van der Waals surface area contributed by atoms with Crippen molar-refractivity contribution in [2.75, 3.05) is 0 Å². The molecule has 0 N–H and O–H groups in total. The van der Waals surface area contributed by atoms with Gasteiger partial charge in [0.25, 0.3) is 0 Å². The van der Waals surface area contributed by atoms with Crippen LogP contribution in [0.1, 0.15) is 22.8 Å². The van der Waals surface area contributed by atoms with Crippen LogP contribution in [0.3, 0.4) is 0 Å². The van der Waals surface area contributed by atoms with Crippen LogP contribution in [0.4, 0.5) is 0 Å². The van der Waals surface area contributed by atoms with E-state index in [9.17, 15) is 9.59 Å². The molecule has 0 unspecified atom stereocenters. The number of aromatic nitrogens is 1. The molecule has 0 bridgehead atoms. The van der Waals surface area contributed by atoms with E-state index in [4.69, 9.17) is 4.74 Å². The molecule has 150 valence electrons. The summed E-state index contributed by atoms with van der Waals surface area (Å²) in [5, 5.41) is 2.75. The summed E-state index contributed by atoms with van der Waals surface area (Å²) < 4.78 is 7.34. The lowest BCUT2D eigenvalue weighted by molar-refractivity contribution is -0.131. The summed E-state index contributed by atoms with van der Waals surface area (Å²) in [5.41, 5.74) is 2.82. The third-order valence-corrected chi connectivity index (χ3v) is 5.37. The van der Waals surface area contributed by atoms with Crippen LogP contribution in [0.25, 0.3) is 27.4 Å². The maximum atomic E-state index is 13.7. The van der Waals surface area contributed by atoms with Crippen LogP contribution in [0.2, 0.25) is 0 Å². The molecule has 1 aromatic heterocycles. The molecule has 5 rings (SSSR count). The van der Waals surface area contributed by atoms with E-state index in [-0.39, 0.29) is 11.8 Å². The molecular formula is C27H19NO3. The molecule has 0 fully saturated rings. The van der Waals surface area contributed by atoms with Crippen molar-refractivity contribution >= 4 is 33.4 Å². The monoisotopic (exact) mass is 405 g/mol. The second kappa shape index (κ2) is 7.58. The molecule has 0 amide bonds. The van der Waals surface area contributed by atoms with Crippen LogP contribution in [-0.2, 0) is 4.79 Å². The Morgan fingerprint density at radius 2 is 1.35 bits per heavy atom. The molecule has 0 saturated carbocycles. The smallest absolute Gasteiger partial charge is 0.308 e. The molecule has 0 aliphatic heterocycles. The van der Waals surface area contributed by atoms with Crippen molar-refractivity contribution in [3.05, 3.63) is 108 Å². The van der Waals surface area contributed by atoms with Crippen LogP contribution in [-0.4, -0.2) is 16.3 Å². The molecule has 4 aromatic carbocycles. The Labute approximate surface area is 179 Å². The zero-order valence-corrected chi connectivity index (χ0v) is 16.9. The summed E-state index contributed by atoms with van der Waals surface area (Å²) in [6.45, 7) is 1.38. The van der Waals surface area contributed by atoms with E-state index < -0.39 is 0 Å². The topological polar surface area (TPSA) is 48.3 Å². The van der Waals surface area contributed by atoms with Gasteiger partial charge in [-0.05, 0) is 35.0 Å². The second-order valence-corrected chi connectivity index (χ2v) is 7.35. The van der Waals surface area contributed by atoms with Crippen LogP contribution in [0.5, 0.6) is 5.75 Å². The lowest BCUT2D eigenvalue weighted by Gasteiger charge is -2.12. The van der Waals surface area contributed by atoms with Gasteiger partial charge in [0.2, 0.25) is 0 Å². The Morgan fingerprint density at radius 3 is 2.19 bits per heavy atom. The zero-order valence-electron chi connectivity index (χ0n) is 16.9. The van der Waals surface area contributed by atoms with Gasteiger partial charge in [-0.3, -0.25) is 9.59 Å². The highest BCUT2D eigenvalue weighted by Gasteiger charge is 2.19.